The second-order valence-corrected chi connectivity index (χ2v) is 6.36. The summed E-state index contributed by atoms with van der Waals surface area (Å²) >= 11 is 3.45. The van der Waals surface area contributed by atoms with Crippen LogP contribution in [0.4, 0.5) is 0 Å². The molecule has 0 spiro atoms. The third kappa shape index (κ3) is 2.84. The Labute approximate surface area is 121 Å². The fraction of sp³-hybridized carbons (Fsp3) is 0.533. The molecule has 1 heterocycles. The summed E-state index contributed by atoms with van der Waals surface area (Å²) < 4.78 is 6.78. The lowest BCUT2D eigenvalue weighted by Gasteiger charge is -2.19. The van der Waals surface area contributed by atoms with Crippen LogP contribution in [0.1, 0.15) is 35.2 Å². The van der Waals surface area contributed by atoms with Gasteiger partial charge in [0.15, 0.2) is 0 Å². The maximum atomic E-state index is 12.3. The van der Waals surface area contributed by atoms with Crippen molar-refractivity contribution in [3.63, 3.8) is 0 Å². The third-order valence-corrected chi connectivity index (χ3v) is 4.85. The summed E-state index contributed by atoms with van der Waals surface area (Å²) in [6.45, 7) is 2.76. The third-order valence-electron chi connectivity index (χ3n) is 3.96. The zero-order valence-electron chi connectivity index (χ0n) is 11.0. The second kappa shape index (κ2) is 5.25. The van der Waals surface area contributed by atoms with Gasteiger partial charge in [0.25, 0.3) is 5.91 Å². The molecule has 4 heteroatoms. The van der Waals surface area contributed by atoms with Crippen molar-refractivity contribution >= 4 is 21.8 Å². The highest BCUT2D eigenvalue weighted by atomic mass is 79.9. The fourth-order valence-corrected chi connectivity index (χ4v) is 2.94. The normalized spacial score (nSPS) is 26.4. The standard InChI is InChI=1S/C15H18BrNO2/c1-9-8-11(4-5-12(9)16)15(18)17-13-6-7-19-14(13)10-2-3-10/h4-5,8,10,13-14H,2-3,6-7H2,1H3,(H,17,18). The number of rotatable bonds is 3. The van der Waals surface area contributed by atoms with E-state index in [0.717, 1.165) is 28.6 Å². The van der Waals surface area contributed by atoms with Crippen molar-refractivity contribution in [2.45, 2.75) is 38.3 Å². The minimum Gasteiger partial charge on any atom is -0.376 e. The molecule has 102 valence electrons. The van der Waals surface area contributed by atoms with E-state index in [4.69, 9.17) is 4.74 Å². The van der Waals surface area contributed by atoms with Crippen LogP contribution in [-0.2, 0) is 4.74 Å². The van der Waals surface area contributed by atoms with Crippen LogP contribution in [0.3, 0.4) is 0 Å². The highest BCUT2D eigenvalue weighted by molar-refractivity contribution is 9.10. The van der Waals surface area contributed by atoms with Crippen molar-refractivity contribution in [2.75, 3.05) is 6.61 Å². The van der Waals surface area contributed by atoms with E-state index in [9.17, 15) is 4.79 Å². The summed E-state index contributed by atoms with van der Waals surface area (Å²) in [5.41, 5.74) is 1.80. The maximum absolute atomic E-state index is 12.3. The number of ether oxygens (including phenoxy) is 1. The van der Waals surface area contributed by atoms with Gasteiger partial charge in [-0.25, -0.2) is 0 Å². The Morgan fingerprint density at radius 3 is 2.84 bits per heavy atom. The number of amides is 1. The van der Waals surface area contributed by atoms with Crippen LogP contribution in [0.2, 0.25) is 0 Å². The summed E-state index contributed by atoms with van der Waals surface area (Å²) in [7, 11) is 0. The number of hydrogen-bond donors (Lipinski definition) is 1. The quantitative estimate of drug-likeness (QED) is 0.928. The molecule has 2 fully saturated rings. The van der Waals surface area contributed by atoms with Crippen LogP contribution in [0, 0.1) is 12.8 Å². The van der Waals surface area contributed by atoms with Crippen LogP contribution < -0.4 is 5.32 Å². The van der Waals surface area contributed by atoms with Gasteiger partial charge in [0.2, 0.25) is 0 Å². The van der Waals surface area contributed by atoms with Crippen LogP contribution in [0.25, 0.3) is 0 Å². The van der Waals surface area contributed by atoms with Crippen molar-refractivity contribution in [1.82, 2.24) is 5.32 Å². The van der Waals surface area contributed by atoms with E-state index in [0.29, 0.717) is 5.92 Å². The van der Waals surface area contributed by atoms with E-state index < -0.39 is 0 Å². The smallest absolute Gasteiger partial charge is 0.251 e. The van der Waals surface area contributed by atoms with E-state index in [2.05, 4.69) is 21.2 Å². The maximum Gasteiger partial charge on any atom is 0.251 e. The molecule has 1 aromatic carbocycles. The zero-order valence-corrected chi connectivity index (χ0v) is 12.6. The molecule has 2 aliphatic rings. The molecule has 3 rings (SSSR count). The summed E-state index contributed by atoms with van der Waals surface area (Å²) in [4.78, 5) is 12.3. The summed E-state index contributed by atoms with van der Waals surface area (Å²) in [6, 6.07) is 5.88. The van der Waals surface area contributed by atoms with Gasteiger partial charge >= 0.3 is 0 Å². The Bertz CT molecular complexity index is 499. The van der Waals surface area contributed by atoms with Crippen molar-refractivity contribution in [1.29, 1.82) is 0 Å². The molecular formula is C15H18BrNO2. The highest BCUT2D eigenvalue weighted by Gasteiger charge is 2.41. The first-order valence-corrected chi connectivity index (χ1v) is 7.63. The van der Waals surface area contributed by atoms with Gasteiger partial charge in [0.1, 0.15) is 0 Å². The van der Waals surface area contributed by atoms with Crippen molar-refractivity contribution in [3.05, 3.63) is 33.8 Å². The molecule has 3 nitrogen and oxygen atoms in total. The predicted octanol–water partition coefficient (Wildman–Crippen LogP) is 3.05. The van der Waals surface area contributed by atoms with Gasteiger partial charge in [0, 0.05) is 16.6 Å². The Kier molecular flexibility index (Phi) is 3.63. The predicted molar refractivity (Wildman–Crippen MR) is 77.2 cm³/mol. The largest absolute Gasteiger partial charge is 0.376 e. The van der Waals surface area contributed by atoms with Crippen molar-refractivity contribution in [2.24, 2.45) is 5.92 Å². The van der Waals surface area contributed by atoms with Crippen LogP contribution in [-0.4, -0.2) is 24.7 Å². The van der Waals surface area contributed by atoms with Crippen molar-refractivity contribution in [3.8, 4) is 0 Å². The highest BCUT2D eigenvalue weighted by Crippen LogP contribution is 2.38. The zero-order chi connectivity index (χ0) is 13.4. The first kappa shape index (κ1) is 13.1. The number of carbonyl (C=O) groups excluding carboxylic acids is 1. The number of halogens is 1. The Hall–Kier alpha value is -0.870. The first-order chi connectivity index (χ1) is 9.15. The minimum atomic E-state index is 0.0109. The lowest BCUT2D eigenvalue weighted by molar-refractivity contribution is 0.0729. The van der Waals surface area contributed by atoms with E-state index in [-0.39, 0.29) is 18.1 Å². The molecule has 1 N–H and O–H groups in total. The monoisotopic (exact) mass is 323 g/mol. The molecule has 2 unspecified atom stereocenters. The Morgan fingerprint density at radius 1 is 1.37 bits per heavy atom. The van der Waals surface area contributed by atoms with Gasteiger partial charge in [-0.15, -0.1) is 0 Å². The minimum absolute atomic E-state index is 0.0109. The van der Waals surface area contributed by atoms with E-state index in [1.165, 1.54) is 12.8 Å². The average molecular weight is 324 g/mol. The van der Waals surface area contributed by atoms with E-state index >= 15 is 0 Å². The molecule has 0 radical (unpaired) electrons. The lowest BCUT2D eigenvalue weighted by atomic mass is 10.1. The lowest BCUT2D eigenvalue weighted by Crippen LogP contribution is -2.41. The molecule has 1 saturated carbocycles. The number of carbonyl (C=O) groups is 1. The van der Waals surface area contributed by atoms with Crippen LogP contribution in [0.5, 0.6) is 0 Å². The number of hydrogen-bond acceptors (Lipinski definition) is 2. The van der Waals surface area contributed by atoms with Crippen molar-refractivity contribution < 1.29 is 9.53 Å². The van der Waals surface area contributed by atoms with Gasteiger partial charge in [-0.2, -0.15) is 0 Å². The molecule has 19 heavy (non-hydrogen) atoms. The summed E-state index contributed by atoms with van der Waals surface area (Å²) in [5.74, 6) is 0.677. The number of aryl methyl sites for hydroxylation is 1. The summed E-state index contributed by atoms with van der Waals surface area (Å²) in [6.07, 6.45) is 3.66. The Balaban J connectivity index is 1.68. The van der Waals surface area contributed by atoms with Gasteiger partial charge in [-0.1, -0.05) is 15.9 Å². The first-order valence-electron chi connectivity index (χ1n) is 6.84. The fourth-order valence-electron chi connectivity index (χ4n) is 2.69. The average Bonchev–Trinajstić information content (AvgIpc) is 3.13. The molecule has 1 aromatic rings. The van der Waals surface area contributed by atoms with E-state index in [1.807, 2.05) is 25.1 Å². The van der Waals surface area contributed by atoms with Gasteiger partial charge in [-0.05, 0) is 55.9 Å². The number of nitrogens with one attached hydrogen (secondary N) is 1. The van der Waals surface area contributed by atoms with Gasteiger partial charge in [0.05, 0.1) is 12.1 Å². The molecule has 1 amide bonds. The molecule has 1 saturated heterocycles. The Morgan fingerprint density at radius 2 is 2.16 bits per heavy atom. The topological polar surface area (TPSA) is 38.3 Å². The molecule has 1 aliphatic carbocycles. The SMILES string of the molecule is Cc1cc(C(=O)NC2CCOC2C2CC2)ccc1Br. The number of benzene rings is 1. The van der Waals surface area contributed by atoms with E-state index in [1.54, 1.807) is 0 Å². The van der Waals surface area contributed by atoms with Crippen LogP contribution >= 0.6 is 15.9 Å². The second-order valence-electron chi connectivity index (χ2n) is 5.51. The summed E-state index contributed by atoms with van der Waals surface area (Å²) in [5, 5.41) is 3.13. The molecule has 0 aromatic heterocycles. The van der Waals surface area contributed by atoms with Crippen LogP contribution in [0.15, 0.2) is 22.7 Å². The molecule has 0 bridgehead atoms. The molecule has 1 aliphatic heterocycles. The molecular weight excluding hydrogens is 306 g/mol. The van der Waals surface area contributed by atoms with Gasteiger partial charge in [-0.3, -0.25) is 4.79 Å². The molecule has 2 atom stereocenters. The van der Waals surface area contributed by atoms with Gasteiger partial charge < -0.3 is 10.1 Å².